The van der Waals surface area contributed by atoms with E-state index in [1.54, 1.807) is 0 Å². The molecule has 0 aliphatic heterocycles. The van der Waals surface area contributed by atoms with Crippen LogP contribution in [-0.2, 0) is 12.8 Å². The van der Waals surface area contributed by atoms with E-state index in [9.17, 15) is 0 Å². The molecule has 13 heavy (non-hydrogen) atoms. The molecule has 0 saturated heterocycles. The Morgan fingerprint density at radius 1 is 1.31 bits per heavy atom. The molecule has 0 spiro atoms. The Kier molecular flexibility index (Phi) is 4.26. The van der Waals surface area contributed by atoms with E-state index >= 15 is 0 Å². The molecular weight excluding hydrogens is 182 g/mol. The van der Waals surface area contributed by atoms with Crippen LogP contribution in [0, 0.1) is 0 Å². The van der Waals surface area contributed by atoms with Gasteiger partial charge in [-0.2, -0.15) is 0 Å². The zero-order valence-corrected chi connectivity index (χ0v) is 8.72. The van der Waals surface area contributed by atoms with Gasteiger partial charge in [-0.1, -0.05) is 24.3 Å². The van der Waals surface area contributed by atoms with Gasteiger partial charge in [0.05, 0.1) is 0 Å². The van der Waals surface area contributed by atoms with E-state index in [4.69, 9.17) is 17.3 Å². The van der Waals surface area contributed by atoms with E-state index in [0.29, 0.717) is 5.88 Å². The van der Waals surface area contributed by atoms with Gasteiger partial charge in [-0.05, 0) is 30.9 Å². The second kappa shape index (κ2) is 5.25. The van der Waals surface area contributed by atoms with Crippen LogP contribution in [-0.4, -0.2) is 11.9 Å². The van der Waals surface area contributed by atoms with E-state index in [-0.39, 0.29) is 6.04 Å². The van der Waals surface area contributed by atoms with Gasteiger partial charge in [-0.15, -0.1) is 11.6 Å². The molecule has 0 fully saturated rings. The second-order valence-corrected chi connectivity index (χ2v) is 3.77. The van der Waals surface area contributed by atoms with Crippen molar-refractivity contribution in [3.05, 3.63) is 35.4 Å². The van der Waals surface area contributed by atoms with Crippen LogP contribution in [0.5, 0.6) is 0 Å². The maximum atomic E-state index is 5.76. The van der Waals surface area contributed by atoms with Crippen LogP contribution in [0.4, 0.5) is 0 Å². The molecule has 1 aromatic carbocycles. The summed E-state index contributed by atoms with van der Waals surface area (Å²) in [7, 11) is 0. The summed E-state index contributed by atoms with van der Waals surface area (Å²) >= 11 is 5.71. The number of benzene rings is 1. The van der Waals surface area contributed by atoms with E-state index < -0.39 is 0 Å². The Morgan fingerprint density at radius 2 is 1.92 bits per heavy atom. The van der Waals surface area contributed by atoms with Crippen molar-refractivity contribution in [2.45, 2.75) is 25.8 Å². The van der Waals surface area contributed by atoms with Crippen LogP contribution in [0.15, 0.2) is 24.3 Å². The van der Waals surface area contributed by atoms with Crippen molar-refractivity contribution < 1.29 is 0 Å². The maximum Gasteiger partial charge on any atom is 0.0264 e. The van der Waals surface area contributed by atoms with Crippen LogP contribution in [0.25, 0.3) is 0 Å². The molecule has 0 heterocycles. The van der Waals surface area contributed by atoms with Crippen molar-refractivity contribution in [2.24, 2.45) is 5.73 Å². The van der Waals surface area contributed by atoms with Crippen LogP contribution in [0.1, 0.15) is 18.1 Å². The Hall–Kier alpha value is -0.530. The van der Waals surface area contributed by atoms with E-state index in [2.05, 4.69) is 18.2 Å². The lowest BCUT2D eigenvalue weighted by atomic mass is 10.00. The molecular formula is C11H16ClN. The molecule has 0 saturated carbocycles. The van der Waals surface area contributed by atoms with Crippen molar-refractivity contribution in [3.63, 3.8) is 0 Å². The molecule has 2 N–H and O–H groups in total. The molecule has 2 heteroatoms. The molecule has 1 nitrogen and oxygen atoms in total. The van der Waals surface area contributed by atoms with Crippen LogP contribution in [0.2, 0.25) is 0 Å². The normalized spacial score (nSPS) is 12.8. The number of aryl methyl sites for hydroxylation is 1. The van der Waals surface area contributed by atoms with Gasteiger partial charge in [-0.3, -0.25) is 0 Å². The minimum Gasteiger partial charge on any atom is -0.328 e. The van der Waals surface area contributed by atoms with E-state index in [0.717, 1.165) is 12.8 Å². The van der Waals surface area contributed by atoms with Crippen molar-refractivity contribution in [3.8, 4) is 0 Å². The van der Waals surface area contributed by atoms with E-state index in [1.807, 2.05) is 13.0 Å². The highest BCUT2D eigenvalue weighted by molar-refractivity contribution is 6.18. The quantitative estimate of drug-likeness (QED) is 0.737. The van der Waals surface area contributed by atoms with Gasteiger partial charge in [0.2, 0.25) is 0 Å². The highest BCUT2D eigenvalue weighted by atomic mass is 35.5. The fourth-order valence-corrected chi connectivity index (χ4v) is 1.65. The summed E-state index contributed by atoms with van der Waals surface area (Å²) in [5.41, 5.74) is 8.42. The monoisotopic (exact) mass is 197 g/mol. The molecule has 1 rings (SSSR count). The number of nitrogens with two attached hydrogens (primary N) is 1. The number of alkyl halides is 1. The topological polar surface area (TPSA) is 26.0 Å². The second-order valence-electron chi connectivity index (χ2n) is 3.39. The molecule has 1 atom stereocenters. The third-order valence-corrected chi connectivity index (χ3v) is 2.21. The first-order valence-corrected chi connectivity index (χ1v) is 5.16. The van der Waals surface area contributed by atoms with Gasteiger partial charge in [0.25, 0.3) is 0 Å². The Morgan fingerprint density at radius 3 is 2.46 bits per heavy atom. The summed E-state index contributed by atoms with van der Waals surface area (Å²) < 4.78 is 0. The lowest BCUT2D eigenvalue weighted by molar-refractivity contribution is 0.732. The van der Waals surface area contributed by atoms with Gasteiger partial charge >= 0.3 is 0 Å². The van der Waals surface area contributed by atoms with Gasteiger partial charge in [0, 0.05) is 11.9 Å². The average Bonchev–Trinajstić information content (AvgIpc) is 2.08. The molecule has 1 aromatic rings. The summed E-state index contributed by atoms with van der Waals surface area (Å²) in [6, 6.07) is 8.57. The number of halogens is 1. The minimum absolute atomic E-state index is 0.219. The highest BCUT2D eigenvalue weighted by Gasteiger charge is 2.02. The Bertz CT molecular complexity index is 258. The third-order valence-electron chi connectivity index (χ3n) is 2.02. The molecule has 0 aliphatic carbocycles. The molecule has 0 bridgehead atoms. The summed E-state index contributed by atoms with van der Waals surface area (Å²) in [4.78, 5) is 0. The zero-order valence-electron chi connectivity index (χ0n) is 7.96. The first-order chi connectivity index (χ1) is 6.24. The fraction of sp³-hybridized carbons (Fsp3) is 0.455. The number of rotatable bonds is 4. The van der Waals surface area contributed by atoms with Crippen LogP contribution >= 0.6 is 11.6 Å². The average molecular weight is 198 g/mol. The first-order valence-electron chi connectivity index (χ1n) is 4.62. The summed E-state index contributed by atoms with van der Waals surface area (Å²) in [5.74, 6) is 0.677. The van der Waals surface area contributed by atoms with Crippen molar-refractivity contribution >= 4 is 11.6 Å². The molecule has 0 amide bonds. The number of hydrogen-bond acceptors (Lipinski definition) is 1. The van der Waals surface area contributed by atoms with Gasteiger partial charge in [0.15, 0.2) is 0 Å². The van der Waals surface area contributed by atoms with Gasteiger partial charge in [0.1, 0.15) is 0 Å². The largest absolute Gasteiger partial charge is 0.328 e. The summed E-state index contributed by atoms with van der Waals surface area (Å²) in [6.07, 6.45) is 1.87. The van der Waals surface area contributed by atoms with Crippen molar-refractivity contribution in [1.82, 2.24) is 0 Å². The third kappa shape index (κ3) is 3.37. The molecule has 0 aliphatic rings. The molecule has 0 aromatic heterocycles. The summed E-state index contributed by atoms with van der Waals surface area (Å²) in [6.45, 7) is 2.03. The predicted octanol–water partition coefficient (Wildman–Crippen LogP) is 2.36. The maximum absolute atomic E-state index is 5.76. The Labute approximate surface area is 84.9 Å². The Balaban J connectivity index is 2.78. The fourth-order valence-electron chi connectivity index (χ4n) is 1.45. The standard InChI is InChI=1S/C11H16ClN/c1-9(13)8-11-5-3-2-4-10(11)6-7-12/h2-5,9H,6-8,13H2,1H3. The van der Waals surface area contributed by atoms with Crippen molar-refractivity contribution in [2.75, 3.05) is 5.88 Å². The summed E-state index contributed by atoms with van der Waals surface area (Å²) in [5, 5.41) is 0. The van der Waals surface area contributed by atoms with Crippen molar-refractivity contribution in [1.29, 1.82) is 0 Å². The van der Waals surface area contributed by atoms with E-state index in [1.165, 1.54) is 11.1 Å². The molecule has 72 valence electrons. The van der Waals surface area contributed by atoms with Gasteiger partial charge < -0.3 is 5.73 Å². The van der Waals surface area contributed by atoms with Crippen LogP contribution in [0.3, 0.4) is 0 Å². The molecule has 0 radical (unpaired) electrons. The lowest BCUT2D eigenvalue weighted by Crippen LogP contribution is -2.18. The lowest BCUT2D eigenvalue weighted by Gasteiger charge is -2.10. The minimum atomic E-state index is 0.219. The molecule has 1 unspecified atom stereocenters. The number of hydrogen-bond donors (Lipinski definition) is 1. The highest BCUT2D eigenvalue weighted by Crippen LogP contribution is 2.11. The predicted molar refractivity (Wildman–Crippen MR) is 58.2 cm³/mol. The first kappa shape index (κ1) is 10.6. The van der Waals surface area contributed by atoms with Gasteiger partial charge in [-0.25, -0.2) is 0 Å². The smallest absolute Gasteiger partial charge is 0.0264 e. The zero-order chi connectivity index (χ0) is 9.68. The van der Waals surface area contributed by atoms with Crippen LogP contribution < -0.4 is 5.73 Å². The SMILES string of the molecule is CC(N)Cc1ccccc1CCCl.